The van der Waals surface area contributed by atoms with Gasteiger partial charge in [0.2, 0.25) is 0 Å². The topological polar surface area (TPSA) is 90.3 Å². The molecule has 1 fully saturated rings. The van der Waals surface area contributed by atoms with Crippen LogP contribution < -0.4 is 4.74 Å². The van der Waals surface area contributed by atoms with E-state index in [0.29, 0.717) is 24.4 Å². The van der Waals surface area contributed by atoms with Crippen molar-refractivity contribution in [2.75, 3.05) is 34.3 Å². The number of phenolic OH excluding ortho intramolecular Hbond substituents is 1. The first-order valence-electron chi connectivity index (χ1n) is 9.20. The van der Waals surface area contributed by atoms with Crippen LogP contribution in [0.4, 0.5) is 0 Å². The monoisotopic (exact) mass is 396 g/mol. The van der Waals surface area contributed by atoms with E-state index in [1.165, 1.54) is 24.1 Å². The summed E-state index contributed by atoms with van der Waals surface area (Å²) in [6, 6.07) is 12.7. The molecule has 1 aliphatic rings. The number of likely N-dealkylation sites (tertiary alicyclic amines) is 1. The van der Waals surface area contributed by atoms with Crippen molar-refractivity contribution in [2.45, 2.75) is 6.04 Å². The summed E-state index contributed by atoms with van der Waals surface area (Å²) in [5.74, 6) is -1.69. The van der Waals surface area contributed by atoms with Crippen LogP contribution in [0.5, 0.6) is 11.5 Å². The zero-order chi connectivity index (χ0) is 21.1. The molecule has 0 bridgehead atoms. The number of amides is 1. The Balaban J connectivity index is 2.15. The highest BCUT2D eigenvalue weighted by Gasteiger charge is 2.46. The minimum atomic E-state index is -0.773. The number of aromatic hydroxyl groups is 1. The van der Waals surface area contributed by atoms with Crippen LogP contribution in [0, 0.1) is 0 Å². The van der Waals surface area contributed by atoms with Crippen molar-refractivity contribution in [3.05, 3.63) is 65.2 Å². The van der Waals surface area contributed by atoms with Gasteiger partial charge in [0.05, 0.1) is 24.3 Å². The molecule has 0 aromatic heterocycles. The fourth-order valence-corrected chi connectivity index (χ4v) is 3.38. The Morgan fingerprint density at radius 1 is 1.14 bits per heavy atom. The first kappa shape index (κ1) is 20.4. The van der Waals surface area contributed by atoms with Gasteiger partial charge in [-0.3, -0.25) is 9.59 Å². The average Bonchev–Trinajstić information content (AvgIpc) is 2.97. The normalized spacial score (nSPS) is 18.5. The molecule has 1 atom stereocenters. The summed E-state index contributed by atoms with van der Waals surface area (Å²) in [6.45, 7) is 0.882. The van der Waals surface area contributed by atoms with Gasteiger partial charge < -0.3 is 24.7 Å². The van der Waals surface area contributed by atoms with Gasteiger partial charge in [-0.1, -0.05) is 30.3 Å². The molecule has 1 saturated heterocycles. The highest BCUT2D eigenvalue weighted by atomic mass is 16.5. The van der Waals surface area contributed by atoms with Gasteiger partial charge in [0.1, 0.15) is 17.3 Å². The second-order valence-corrected chi connectivity index (χ2v) is 7.09. The Kier molecular flexibility index (Phi) is 5.89. The van der Waals surface area contributed by atoms with Crippen LogP contribution in [0.2, 0.25) is 0 Å². The zero-order valence-electron chi connectivity index (χ0n) is 16.6. The Morgan fingerprint density at radius 2 is 1.83 bits per heavy atom. The number of nitrogens with zero attached hydrogens (tertiary/aromatic N) is 2. The number of benzene rings is 2. The number of aliphatic hydroxyl groups excluding tert-OH is 1. The number of likely N-dealkylation sites (N-methyl/N-ethyl adjacent to an activating group) is 1. The van der Waals surface area contributed by atoms with Gasteiger partial charge in [0.15, 0.2) is 0 Å². The molecule has 7 heteroatoms. The van der Waals surface area contributed by atoms with Crippen LogP contribution in [0.15, 0.2) is 54.1 Å². The molecule has 0 saturated carbocycles. The third-order valence-electron chi connectivity index (χ3n) is 4.90. The van der Waals surface area contributed by atoms with Crippen LogP contribution >= 0.6 is 0 Å². The quantitative estimate of drug-likeness (QED) is 0.443. The molecule has 2 N–H and O–H groups in total. The number of carbonyl (C=O) groups excluding carboxylic acids is 2. The minimum absolute atomic E-state index is 0.0413. The number of ketones is 1. The molecule has 1 heterocycles. The number of hydrogen-bond donors (Lipinski definition) is 2. The van der Waals surface area contributed by atoms with Gasteiger partial charge in [-0.25, -0.2) is 0 Å². The maximum absolute atomic E-state index is 12.9. The summed E-state index contributed by atoms with van der Waals surface area (Å²) in [7, 11) is 5.22. The van der Waals surface area contributed by atoms with Gasteiger partial charge in [-0.2, -0.15) is 0 Å². The van der Waals surface area contributed by atoms with E-state index >= 15 is 0 Å². The maximum atomic E-state index is 12.9. The van der Waals surface area contributed by atoms with Crippen LogP contribution in [-0.2, 0) is 9.59 Å². The van der Waals surface area contributed by atoms with E-state index in [2.05, 4.69) is 0 Å². The van der Waals surface area contributed by atoms with Gasteiger partial charge in [-0.15, -0.1) is 0 Å². The number of hydrogen-bond acceptors (Lipinski definition) is 6. The zero-order valence-corrected chi connectivity index (χ0v) is 16.6. The van der Waals surface area contributed by atoms with E-state index < -0.39 is 23.5 Å². The summed E-state index contributed by atoms with van der Waals surface area (Å²) in [4.78, 5) is 29.0. The van der Waals surface area contributed by atoms with Crippen molar-refractivity contribution in [3.8, 4) is 11.5 Å². The fourth-order valence-electron chi connectivity index (χ4n) is 3.38. The van der Waals surface area contributed by atoms with Crippen molar-refractivity contribution in [3.63, 3.8) is 0 Å². The van der Waals surface area contributed by atoms with E-state index in [9.17, 15) is 19.8 Å². The predicted molar refractivity (Wildman–Crippen MR) is 109 cm³/mol. The third-order valence-corrected chi connectivity index (χ3v) is 4.90. The molecular formula is C22H24N2O5. The number of phenols is 1. The highest BCUT2D eigenvalue weighted by Crippen LogP contribution is 2.41. The SMILES string of the molecule is COc1ccc(C(O)=C2C(=O)C(=O)N(CCN(C)C)[C@H]2c2ccccc2)c(O)c1. The highest BCUT2D eigenvalue weighted by molar-refractivity contribution is 6.46. The van der Waals surface area contributed by atoms with Crippen molar-refractivity contribution < 1.29 is 24.5 Å². The van der Waals surface area contributed by atoms with E-state index in [-0.39, 0.29) is 16.9 Å². The predicted octanol–water partition coefficient (Wildman–Crippen LogP) is 2.38. The van der Waals surface area contributed by atoms with Gasteiger partial charge in [0, 0.05) is 19.2 Å². The fraction of sp³-hybridized carbons (Fsp3) is 0.273. The Bertz CT molecular complexity index is 953. The van der Waals surface area contributed by atoms with Gasteiger partial charge in [-0.05, 0) is 31.8 Å². The molecule has 29 heavy (non-hydrogen) atoms. The molecular weight excluding hydrogens is 372 g/mol. The molecule has 3 rings (SSSR count). The Labute approximate surface area is 169 Å². The molecule has 7 nitrogen and oxygen atoms in total. The largest absolute Gasteiger partial charge is 0.507 e. The summed E-state index contributed by atoms with van der Waals surface area (Å²) in [6.07, 6.45) is 0. The summed E-state index contributed by atoms with van der Waals surface area (Å²) < 4.78 is 5.06. The standard InChI is InChI=1S/C22H24N2O5/c1-23(2)11-12-24-19(14-7-5-4-6-8-14)18(21(27)22(24)28)20(26)16-10-9-15(29-3)13-17(16)25/h4-10,13,19,25-26H,11-12H2,1-3H3/t19-/m0/s1. The Morgan fingerprint density at radius 3 is 2.41 bits per heavy atom. The third kappa shape index (κ3) is 3.95. The van der Waals surface area contributed by atoms with Crippen LogP contribution in [-0.4, -0.2) is 66.0 Å². The molecule has 1 aliphatic heterocycles. The molecule has 1 amide bonds. The minimum Gasteiger partial charge on any atom is -0.507 e. The first-order valence-corrected chi connectivity index (χ1v) is 9.20. The first-order chi connectivity index (χ1) is 13.8. The number of carbonyl (C=O) groups is 2. The second kappa shape index (κ2) is 8.36. The Hall–Kier alpha value is -3.32. The number of ether oxygens (including phenoxy) is 1. The lowest BCUT2D eigenvalue weighted by atomic mass is 9.95. The lowest BCUT2D eigenvalue weighted by Crippen LogP contribution is -2.35. The lowest BCUT2D eigenvalue weighted by molar-refractivity contribution is -0.140. The van der Waals surface area contributed by atoms with E-state index in [4.69, 9.17) is 4.74 Å². The van der Waals surface area contributed by atoms with Crippen molar-refractivity contribution >= 4 is 17.4 Å². The van der Waals surface area contributed by atoms with Crippen molar-refractivity contribution in [2.24, 2.45) is 0 Å². The average molecular weight is 396 g/mol. The maximum Gasteiger partial charge on any atom is 0.295 e. The van der Waals surface area contributed by atoms with Gasteiger partial charge in [0.25, 0.3) is 11.7 Å². The number of rotatable bonds is 6. The summed E-state index contributed by atoms with van der Waals surface area (Å²) >= 11 is 0. The van der Waals surface area contributed by atoms with Gasteiger partial charge >= 0.3 is 0 Å². The molecule has 0 radical (unpaired) electrons. The lowest BCUT2D eigenvalue weighted by Gasteiger charge is -2.26. The van der Waals surface area contributed by atoms with E-state index in [1.54, 1.807) is 18.2 Å². The summed E-state index contributed by atoms with van der Waals surface area (Å²) in [5.41, 5.74) is 0.734. The molecule has 0 aliphatic carbocycles. The molecule has 152 valence electrons. The smallest absolute Gasteiger partial charge is 0.295 e. The molecule has 0 spiro atoms. The number of Topliss-reactive ketones (excluding diaryl/α,β-unsaturated/α-hetero) is 1. The van der Waals surface area contributed by atoms with Crippen molar-refractivity contribution in [1.29, 1.82) is 0 Å². The molecule has 2 aromatic rings. The molecule has 2 aromatic carbocycles. The van der Waals surface area contributed by atoms with Crippen LogP contribution in [0.1, 0.15) is 17.2 Å². The van der Waals surface area contributed by atoms with Crippen molar-refractivity contribution in [1.82, 2.24) is 9.80 Å². The van der Waals surface area contributed by atoms with Crippen LogP contribution in [0.25, 0.3) is 5.76 Å². The number of methoxy groups -OCH3 is 1. The summed E-state index contributed by atoms with van der Waals surface area (Å²) in [5, 5.41) is 21.3. The second-order valence-electron chi connectivity index (χ2n) is 7.09. The van der Waals surface area contributed by atoms with Crippen LogP contribution in [0.3, 0.4) is 0 Å². The van der Waals surface area contributed by atoms with E-state index in [0.717, 1.165) is 0 Å². The van der Waals surface area contributed by atoms with E-state index in [1.807, 2.05) is 37.2 Å². The number of aliphatic hydroxyl groups is 1. The molecule has 0 unspecified atom stereocenters.